The number of amides is 2. The standard InChI is InChI=1S/C27H29N3O4/c1-16(2)17-8-10-19(11-9-17)29-26(31)24-20-13-22(33-4)23(34-5)14-21(20)27(32)30(3)25(24)18-7-6-12-28-15-18/h6-16,24-25H,1-5H3,(H,29,31)/t24-,25+/m0/s1. The van der Waals surface area contributed by atoms with Gasteiger partial charge in [0, 0.05) is 30.7 Å². The molecule has 1 aliphatic rings. The van der Waals surface area contributed by atoms with Gasteiger partial charge in [-0.1, -0.05) is 32.0 Å². The number of fused-ring (bicyclic) bond motifs is 1. The first-order valence-corrected chi connectivity index (χ1v) is 11.2. The predicted molar refractivity (Wildman–Crippen MR) is 131 cm³/mol. The summed E-state index contributed by atoms with van der Waals surface area (Å²) in [6.07, 6.45) is 3.36. The molecule has 7 heteroatoms. The van der Waals surface area contributed by atoms with Gasteiger partial charge in [0.2, 0.25) is 5.91 Å². The van der Waals surface area contributed by atoms with Crippen molar-refractivity contribution in [1.82, 2.24) is 9.88 Å². The minimum absolute atomic E-state index is 0.199. The smallest absolute Gasteiger partial charge is 0.254 e. The molecule has 2 amide bonds. The summed E-state index contributed by atoms with van der Waals surface area (Å²) in [5.41, 5.74) is 3.66. The zero-order valence-corrected chi connectivity index (χ0v) is 20.0. The van der Waals surface area contributed by atoms with Gasteiger partial charge in [-0.15, -0.1) is 0 Å². The lowest BCUT2D eigenvalue weighted by Gasteiger charge is -2.39. The van der Waals surface area contributed by atoms with Crippen LogP contribution in [0.5, 0.6) is 11.5 Å². The molecule has 176 valence electrons. The zero-order chi connectivity index (χ0) is 24.4. The maximum absolute atomic E-state index is 13.8. The highest BCUT2D eigenvalue weighted by Crippen LogP contribution is 2.45. The summed E-state index contributed by atoms with van der Waals surface area (Å²) in [7, 11) is 4.76. The Hall–Kier alpha value is -3.87. The van der Waals surface area contributed by atoms with Crippen molar-refractivity contribution < 1.29 is 19.1 Å². The molecule has 3 aromatic rings. The molecule has 0 unspecified atom stereocenters. The van der Waals surface area contributed by atoms with Crippen molar-refractivity contribution >= 4 is 17.5 Å². The van der Waals surface area contributed by atoms with Gasteiger partial charge >= 0.3 is 0 Å². The molecule has 0 fully saturated rings. The Balaban J connectivity index is 1.82. The van der Waals surface area contributed by atoms with E-state index in [1.54, 1.807) is 42.5 Å². The summed E-state index contributed by atoms with van der Waals surface area (Å²) in [4.78, 5) is 33.0. The van der Waals surface area contributed by atoms with Crippen LogP contribution in [-0.2, 0) is 4.79 Å². The van der Waals surface area contributed by atoms with Gasteiger partial charge in [-0.3, -0.25) is 14.6 Å². The number of methoxy groups -OCH3 is 2. The molecule has 1 aliphatic heterocycles. The number of anilines is 1. The Morgan fingerprint density at radius 1 is 1.06 bits per heavy atom. The van der Waals surface area contributed by atoms with Crippen LogP contribution in [0.3, 0.4) is 0 Å². The normalized spacial score (nSPS) is 17.4. The molecule has 2 heterocycles. The zero-order valence-electron chi connectivity index (χ0n) is 20.0. The van der Waals surface area contributed by atoms with Crippen molar-refractivity contribution in [3.8, 4) is 11.5 Å². The second-order valence-corrected chi connectivity index (χ2v) is 8.69. The van der Waals surface area contributed by atoms with Crippen LogP contribution in [0.4, 0.5) is 5.69 Å². The number of nitrogens with zero attached hydrogens (tertiary/aromatic N) is 2. The summed E-state index contributed by atoms with van der Waals surface area (Å²) in [5, 5.41) is 3.05. The molecule has 0 bridgehead atoms. The molecule has 34 heavy (non-hydrogen) atoms. The molecule has 1 aromatic heterocycles. The van der Waals surface area contributed by atoms with E-state index in [2.05, 4.69) is 24.1 Å². The fraction of sp³-hybridized carbons (Fsp3) is 0.296. The van der Waals surface area contributed by atoms with E-state index in [0.29, 0.717) is 34.2 Å². The van der Waals surface area contributed by atoms with Crippen LogP contribution >= 0.6 is 0 Å². The van der Waals surface area contributed by atoms with Crippen LogP contribution in [0.2, 0.25) is 0 Å². The maximum Gasteiger partial charge on any atom is 0.254 e. The molecule has 7 nitrogen and oxygen atoms in total. The number of benzene rings is 2. The van der Waals surface area contributed by atoms with Gasteiger partial charge in [0.15, 0.2) is 11.5 Å². The number of aromatic nitrogens is 1. The quantitative estimate of drug-likeness (QED) is 0.574. The lowest BCUT2D eigenvalue weighted by atomic mass is 9.79. The molecule has 1 N–H and O–H groups in total. The minimum atomic E-state index is -0.688. The monoisotopic (exact) mass is 459 g/mol. The van der Waals surface area contributed by atoms with E-state index in [9.17, 15) is 9.59 Å². The number of hydrogen-bond donors (Lipinski definition) is 1. The maximum atomic E-state index is 13.8. The molecule has 4 rings (SSSR count). The average Bonchev–Trinajstić information content (AvgIpc) is 2.85. The fourth-order valence-electron chi connectivity index (χ4n) is 4.47. The highest BCUT2D eigenvalue weighted by molar-refractivity contribution is 6.04. The Labute approximate surface area is 199 Å². The number of ether oxygens (including phenoxy) is 2. The van der Waals surface area contributed by atoms with Gasteiger partial charge < -0.3 is 19.7 Å². The largest absolute Gasteiger partial charge is 0.493 e. The highest BCUT2D eigenvalue weighted by atomic mass is 16.5. The van der Waals surface area contributed by atoms with Gasteiger partial charge in [-0.2, -0.15) is 0 Å². The third-order valence-corrected chi connectivity index (χ3v) is 6.33. The molecule has 0 saturated carbocycles. The summed E-state index contributed by atoms with van der Waals surface area (Å²) in [6, 6.07) is 14.3. The van der Waals surface area contributed by atoms with E-state index in [1.165, 1.54) is 19.8 Å². The van der Waals surface area contributed by atoms with E-state index in [0.717, 1.165) is 5.56 Å². The van der Waals surface area contributed by atoms with Gasteiger partial charge in [0.25, 0.3) is 5.91 Å². The topological polar surface area (TPSA) is 80.8 Å². The Kier molecular flexibility index (Phi) is 6.54. The first kappa shape index (κ1) is 23.3. The molecule has 2 atom stereocenters. The van der Waals surface area contributed by atoms with Crippen molar-refractivity contribution in [1.29, 1.82) is 0 Å². The van der Waals surface area contributed by atoms with Gasteiger partial charge in [0.05, 0.1) is 26.2 Å². The second kappa shape index (κ2) is 9.55. The molecular formula is C27H29N3O4. The van der Waals surface area contributed by atoms with Gasteiger partial charge in [-0.05, 0) is 52.9 Å². The first-order valence-electron chi connectivity index (χ1n) is 11.2. The van der Waals surface area contributed by atoms with Crippen LogP contribution in [0, 0.1) is 0 Å². The van der Waals surface area contributed by atoms with Crippen LogP contribution in [-0.4, -0.2) is 43.0 Å². The Morgan fingerprint density at radius 2 is 1.74 bits per heavy atom. The number of nitrogens with one attached hydrogen (secondary N) is 1. The van der Waals surface area contributed by atoms with Crippen LogP contribution in [0.25, 0.3) is 0 Å². The van der Waals surface area contributed by atoms with E-state index < -0.39 is 12.0 Å². The lowest BCUT2D eigenvalue weighted by molar-refractivity contribution is -0.119. The van der Waals surface area contributed by atoms with Crippen molar-refractivity contribution in [2.45, 2.75) is 31.7 Å². The Morgan fingerprint density at radius 3 is 2.32 bits per heavy atom. The predicted octanol–water partition coefficient (Wildman–Crippen LogP) is 4.77. The third kappa shape index (κ3) is 4.21. The Bertz CT molecular complexity index is 1190. The highest BCUT2D eigenvalue weighted by Gasteiger charge is 2.43. The molecule has 0 saturated heterocycles. The van der Waals surface area contributed by atoms with Crippen molar-refractivity contribution in [2.75, 3.05) is 26.6 Å². The molecule has 2 aromatic carbocycles. The van der Waals surface area contributed by atoms with E-state index in [1.807, 2.05) is 30.3 Å². The van der Waals surface area contributed by atoms with E-state index in [-0.39, 0.29) is 11.8 Å². The number of carbonyl (C=O) groups excluding carboxylic acids is 2. The van der Waals surface area contributed by atoms with Crippen molar-refractivity contribution in [3.05, 3.63) is 83.2 Å². The van der Waals surface area contributed by atoms with Crippen molar-refractivity contribution in [3.63, 3.8) is 0 Å². The molecule has 0 radical (unpaired) electrons. The summed E-state index contributed by atoms with van der Waals surface area (Å²) < 4.78 is 10.9. The van der Waals surface area contributed by atoms with Gasteiger partial charge in [0.1, 0.15) is 0 Å². The van der Waals surface area contributed by atoms with E-state index >= 15 is 0 Å². The SMILES string of the molecule is COc1cc2c(cc1OC)[C@H](C(=O)Nc1ccc(C(C)C)cc1)[C@@H](c1cccnc1)N(C)C2=O. The van der Waals surface area contributed by atoms with Crippen LogP contribution < -0.4 is 14.8 Å². The molecule has 0 spiro atoms. The first-order chi connectivity index (χ1) is 16.3. The van der Waals surface area contributed by atoms with E-state index in [4.69, 9.17) is 9.47 Å². The second-order valence-electron chi connectivity index (χ2n) is 8.69. The van der Waals surface area contributed by atoms with Crippen LogP contribution in [0.15, 0.2) is 60.9 Å². The summed E-state index contributed by atoms with van der Waals surface area (Å²) in [6.45, 7) is 4.25. The lowest BCUT2D eigenvalue weighted by Crippen LogP contribution is -2.44. The summed E-state index contributed by atoms with van der Waals surface area (Å²) >= 11 is 0. The number of carbonyl (C=O) groups is 2. The number of rotatable bonds is 6. The number of likely N-dealkylation sites (N-methyl/N-ethyl adjacent to an activating group) is 1. The number of pyridine rings is 1. The minimum Gasteiger partial charge on any atom is -0.493 e. The van der Waals surface area contributed by atoms with Crippen molar-refractivity contribution in [2.24, 2.45) is 0 Å². The third-order valence-electron chi connectivity index (χ3n) is 6.33. The average molecular weight is 460 g/mol. The van der Waals surface area contributed by atoms with Crippen LogP contribution in [0.1, 0.15) is 58.8 Å². The molecular weight excluding hydrogens is 430 g/mol. The number of hydrogen-bond acceptors (Lipinski definition) is 5. The summed E-state index contributed by atoms with van der Waals surface area (Å²) in [5.74, 6) is 0.182. The molecule has 0 aliphatic carbocycles. The fourth-order valence-corrected chi connectivity index (χ4v) is 4.47. The van der Waals surface area contributed by atoms with Gasteiger partial charge in [-0.25, -0.2) is 0 Å².